The maximum Gasteiger partial charge on any atom is 0.227 e. The number of ether oxygens (including phenoxy) is 1. The van der Waals surface area contributed by atoms with E-state index in [1.807, 2.05) is 31.2 Å². The van der Waals surface area contributed by atoms with Gasteiger partial charge in [-0.1, -0.05) is 12.1 Å². The van der Waals surface area contributed by atoms with Gasteiger partial charge >= 0.3 is 0 Å². The Morgan fingerprint density at radius 1 is 1.46 bits per heavy atom. The summed E-state index contributed by atoms with van der Waals surface area (Å²) in [5.74, 6) is 0.659. The van der Waals surface area contributed by atoms with Gasteiger partial charge in [0.05, 0.1) is 19.6 Å². The Hall–Kier alpha value is -2.08. The fourth-order valence-corrected chi connectivity index (χ4v) is 3.06. The number of likely N-dealkylation sites (tertiary alicyclic amines) is 1. The Balaban J connectivity index is 2.04. The van der Waals surface area contributed by atoms with Crippen molar-refractivity contribution >= 4 is 11.8 Å². The summed E-state index contributed by atoms with van der Waals surface area (Å²) >= 11 is 0. The molecule has 2 rings (SSSR count). The lowest BCUT2D eigenvalue weighted by atomic mass is 9.95. The number of carbonyl (C=O) groups is 2. The van der Waals surface area contributed by atoms with Crippen molar-refractivity contribution in [2.24, 2.45) is 5.92 Å². The number of benzene rings is 1. The smallest absolute Gasteiger partial charge is 0.227 e. The standard InChI is InChI=1S/C18H26N2O4/c1-3-19(9-10-21)18(23)15-7-8-17(22)20(13-15)12-14-5-4-6-16(11-14)24-2/h4-6,11,15,21H,3,7-10,12-13H2,1-2H3/t15-/m1/s1. The van der Waals surface area contributed by atoms with Crippen LogP contribution < -0.4 is 4.74 Å². The summed E-state index contributed by atoms with van der Waals surface area (Å²) in [6, 6.07) is 7.61. The quantitative estimate of drug-likeness (QED) is 0.815. The van der Waals surface area contributed by atoms with Gasteiger partial charge in [0.15, 0.2) is 0 Å². The summed E-state index contributed by atoms with van der Waals surface area (Å²) in [5, 5.41) is 9.08. The van der Waals surface area contributed by atoms with Gasteiger partial charge in [-0.05, 0) is 31.0 Å². The van der Waals surface area contributed by atoms with E-state index in [0.29, 0.717) is 39.0 Å². The van der Waals surface area contributed by atoms with Crippen LogP contribution >= 0.6 is 0 Å². The highest BCUT2D eigenvalue weighted by atomic mass is 16.5. The third kappa shape index (κ3) is 4.47. The van der Waals surface area contributed by atoms with E-state index in [2.05, 4.69) is 0 Å². The molecule has 0 aliphatic carbocycles. The van der Waals surface area contributed by atoms with Crippen LogP contribution in [0.15, 0.2) is 24.3 Å². The number of hydrogen-bond donors (Lipinski definition) is 1. The van der Waals surface area contributed by atoms with Crippen molar-refractivity contribution in [1.29, 1.82) is 0 Å². The predicted molar refractivity (Wildman–Crippen MR) is 90.5 cm³/mol. The average Bonchev–Trinajstić information content (AvgIpc) is 2.61. The van der Waals surface area contributed by atoms with Gasteiger partial charge in [0.2, 0.25) is 11.8 Å². The highest BCUT2D eigenvalue weighted by molar-refractivity contribution is 5.83. The first-order valence-corrected chi connectivity index (χ1v) is 8.39. The number of rotatable bonds is 7. The van der Waals surface area contributed by atoms with Crippen molar-refractivity contribution in [1.82, 2.24) is 9.80 Å². The first-order valence-electron chi connectivity index (χ1n) is 8.39. The van der Waals surface area contributed by atoms with Crippen molar-refractivity contribution in [2.75, 3.05) is 33.4 Å². The minimum atomic E-state index is -0.195. The molecule has 0 unspecified atom stereocenters. The van der Waals surface area contributed by atoms with E-state index >= 15 is 0 Å². The minimum Gasteiger partial charge on any atom is -0.497 e. The van der Waals surface area contributed by atoms with Crippen LogP contribution in [-0.4, -0.2) is 60.1 Å². The summed E-state index contributed by atoms with van der Waals surface area (Å²) < 4.78 is 5.22. The number of aliphatic hydroxyl groups excluding tert-OH is 1. The second kappa shape index (κ2) is 8.68. The fraction of sp³-hybridized carbons (Fsp3) is 0.556. The van der Waals surface area contributed by atoms with Gasteiger partial charge in [0.1, 0.15) is 5.75 Å². The van der Waals surface area contributed by atoms with Gasteiger partial charge in [0, 0.05) is 32.6 Å². The number of piperidine rings is 1. The Bertz CT molecular complexity index is 576. The zero-order valence-corrected chi connectivity index (χ0v) is 14.4. The van der Waals surface area contributed by atoms with Gasteiger partial charge in [-0.15, -0.1) is 0 Å². The molecule has 1 aromatic rings. The van der Waals surface area contributed by atoms with Gasteiger partial charge in [0.25, 0.3) is 0 Å². The summed E-state index contributed by atoms with van der Waals surface area (Å²) in [6.07, 6.45) is 0.964. The molecule has 1 heterocycles. The van der Waals surface area contributed by atoms with Crippen LogP contribution in [0, 0.1) is 5.92 Å². The van der Waals surface area contributed by atoms with Gasteiger partial charge in [-0.3, -0.25) is 9.59 Å². The molecule has 24 heavy (non-hydrogen) atoms. The number of amides is 2. The lowest BCUT2D eigenvalue weighted by molar-refractivity contribution is -0.143. The van der Waals surface area contributed by atoms with Crippen LogP contribution in [0.2, 0.25) is 0 Å². The summed E-state index contributed by atoms with van der Waals surface area (Å²) in [6.45, 7) is 3.67. The van der Waals surface area contributed by atoms with Crippen LogP contribution in [0.3, 0.4) is 0 Å². The van der Waals surface area contributed by atoms with Crippen molar-refractivity contribution in [3.63, 3.8) is 0 Å². The third-order valence-electron chi connectivity index (χ3n) is 4.42. The van der Waals surface area contributed by atoms with E-state index in [9.17, 15) is 9.59 Å². The molecule has 0 radical (unpaired) electrons. The molecule has 6 heteroatoms. The molecule has 0 saturated carbocycles. The molecular formula is C18H26N2O4. The van der Waals surface area contributed by atoms with E-state index in [1.54, 1.807) is 16.9 Å². The molecule has 1 aromatic carbocycles. The Kier molecular flexibility index (Phi) is 6.61. The molecule has 1 aliphatic rings. The summed E-state index contributed by atoms with van der Waals surface area (Å²) in [7, 11) is 1.61. The van der Waals surface area contributed by atoms with E-state index < -0.39 is 0 Å². The Morgan fingerprint density at radius 2 is 2.25 bits per heavy atom. The molecule has 6 nitrogen and oxygen atoms in total. The maximum atomic E-state index is 12.6. The maximum absolute atomic E-state index is 12.6. The SMILES string of the molecule is CCN(CCO)C(=O)[C@@H]1CCC(=O)N(Cc2cccc(OC)c2)C1. The first-order chi connectivity index (χ1) is 11.6. The highest BCUT2D eigenvalue weighted by Crippen LogP contribution is 2.23. The number of carbonyl (C=O) groups excluding carboxylic acids is 2. The minimum absolute atomic E-state index is 0.0229. The molecular weight excluding hydrogens is 308 g/mol. The summed E-state index contributed by atoms with van der Waals surface area (Å²) in [4.78, 5) is 28.2. The fourth-order valence-electron chi connectivity index (χ4n) is 3.06. The van der Waals surface area contributed by atoms with Crippen molar-refractivity contribution in [2.45, 2.75) is 26.3 Å². The molecule has 132 valence electrons. The van der Waals surface area contributed by atoms with E-state index in [1.165, 1.54) is 0 Å². The molecule has 0 bridgehead atoms. The zero-order valence-electron chi connectivity index (χ0n) is 14.4. The van der Waals surface area contributed by atoms with Gasteiger partial charge in [-0.2, -0.15) is 0 Å². The van der Waals surface area contributed by atoms with Gasteiger partial charge < -0.3 is 19.6 Å². The topological polar surface area (TPSA) is 70.1 Å². The normalized spacial score (nSPS) is 17.7. The van der Waals surface area contributed by atoms with Crippen LogP contribution in [0.5, 0.6) is 5.75 Å². The van der Waals surface area contributed by atoms with Crippen molar-refractivity contribution < 1.29 is 19.4 Å². The lowest BCUT2D eigenvalue weighted by Gasteiger charge is -2.34. The van der Waals surface area contributed by atoms with E-state index in [-0.39, 0.29) is 24.3 Å². The summed E-state index contributed by atoms with van der Waals surface area (Å²) in [5.41, 5.74) is 0.985. The molecule has 1 aliphatic heterocycles. The van der Waals surface area contributed by atoms with Crippen LogP contribution in [0.1, 0.15) is 25.3 Å². The number of aliphatic hydroxyl groups is 1. The molecule has 0 spiro atoms. The van der Waals surface area contributed by atoms with Crippen LogP contribution in [-0.2, 0) is 16.1 Å². The number of methoxy groups -OCH3 is 1. The predicted octanol–water partition coefficient (Wildman–Crippen LogP) is 1.27. The largest absolute Gasteiger partial charge is 0.497 e. The second-order valence-corrected chi connectivity index (χ2v) is 6.00. The molecule has 2 amide bonds. The van der Waals surface area contributed by atoms with Crippen molar-refractivity contribution in [3.8, 4) is 5.75 Å². The molecule has 0 aromatic heterocycles. The first kappa shape index (κ1) is 18.3. The lowest BCUT2D eigenvalue weighted by Crippen LogP contribution is -2.47. The van der Waals surface area contributed by atoms with E-state index in [0.717, 1.165) is 11.3 Å². The Labute approximate surface area is 143 Å². The van der Waals surface area contributed by atoms with Crippen LogP contribution in [0.25, 0.3) is 0 Å². The Morgan fingerprint density at radius 3 is 2.92 bits per heavy atom. The average molecular weight is 334 g/mol. The number of likely N-dealkylation sites (N-methyl/N-ethyl adjacent to an activating group) is 1. The molecule has 1 atom stereocenters. The second-order valence-electron chi connectivity index (χ2n) is 6.00. The molecule has 1 fully saturated rings. The van der Waals surface area contributed by atoms with Crippen molar-refractivity contribution in [3.05, 3.63) is 29.8 Å². The number of nitrogens with zero attached hydrogens (tertiary/aromatic N) is 2. The van der Waals surface area contributed by atoms with Crippen LogP contribution in [0.4, 0.5) is 0 Å². The highest BCUT2D eigenvalue weighted by Gasteiger charge is 2.32. The third-order valence-corrected chi connectivity index (χ3v) is 4.42. The zero-order chi connectivity index (χ0) is 17.5. The number of hydrogen-bond acceptors (Lipinski definition) is 4. The monoisotopic (exact) mass is 334 g/mol. The van der Waals surface area contributed by atoms with E-state index in [4.69, 9.17) is 9.84 Å². The van der Waals surface area contributed by atoms with Gasteiger partial charge in [-0.25, -0.2) is 0 Å². The molecule has 1 saturated heterocycles. The molecule has 1 N–H and O–H groups in total.